The van der Waals surface area contributed by atoms with Crippen molar-refractivity contribution in [2.45, 2.75) is 19.8 Å². The number of rotatable bonds is 4. The Bertz CT molecular complexity index is 760. The van der Waals surface area contributed by atoms with Crippen LogP contribution in [0, 0.1) is 29.1 Å². The molecule has 1 spiro atoms. The van der Waals surface area contributed by atoms with Crippen molar-refractivity contribution < 1.29 is 19.5 Å². The van der Waals surface area contributed by atoms with Gasteiger partial charge in [-0.05, 0) is 61.3 Å². The van der Waals surface area contributed by atoms with Crippen molar-refractivity contribution in [2.75, 3.05) is 5.32 Å². The molecule has 1 N–H and O–H groups in total. The van der Waals surface area contributed by atoms with E-state index in [1.165, 1.54) is 6.92 Å². The van der Waals surface area contributed by atoms with Gasteiger partial charge in [-0.2, -0.15) is 0 Å². The van der Waals surface area contributed by atoms with Crippen molar-refractivity contribution in [3.05, 3.63) is 42.0 Å². The molecular weight excluding hydrogens is 306 g/mol. The average Bonchev–Trinajstić information content (AvgIpc) is 3.21. The second-order valence-corrected chi connectivity index (χ2v) is 7.16. The molecule has 0 heterocycles. The van der Waals surface area contributed by atoms with E-state index < -0.39 is 17.8 Å². The van der Waals surface area contributed by atoms with Crippen molar-refractivity contribution in [1.29, 1.82) is 0 Å². The van der Waals surface area contributed by atoms with Gasteiger partial charge in [-0.3, -0.25) is 9.59 Å². The van der Waals surface area contributed by atoms with Crippen molar-refractivity contribution in [3.63, 3.8) is 0 Å². The largest absolute Gasteiger partial charge is 0.550 e. The lowest BCUT2D eigenvalue weighted by molar-refractivity contribution is -0.313. The molecule has 2 bridgehead atoms. The van der Waals surface area contributed by atoms with Gasteiger partial charge in [0.15, 0.2) is 5.78 Å². The molecule has 3 aliphatic rings. The molecule has 124 valence electrons. The van der Waals surface area contributed by atoms with E-state index >= 15 is 0 Å². The fourth-order valence-electron chi connectivity index (χ4n) is 4.69. The van der Waals surface area contributed by atoms with Crippen molar-refractivity contribution in [1.82, 2.24) is 0 Å². The van der Waals surface area contributed by atoms with Gasteiger partial charge in [0, 0.05) is 23.1 Å². The Hall–Kier alpha value is -2.43. The monoisotopic (exact) mass is 324 g/mol. The predicted molar refractivity (Wildman–Crippen MR) is 84.9 cm³/mol. The van der Waals surface area contributed by atoms with Crippen LogP contribution >= 0.6 is 0 Å². The molecule has 2 saturated carbocycles. The van der Waals surface area contributed by atoms with Crippen LogP contribution in [0.25, 0.3) is 0 Å². The molecule has 1 aromatic rings. The first-order valence-electron chi connectivity index (χ1n) is 8.25. The smallest absolute Gasteiger partial charge is 0.228 e. The summed E-state index contributed by atoms with van der Waals surface area (Å²) >= 11 is 0. The van der Waals surface area contributed by atoms with Crippen LogP contribution in [-0.4, -0.2) is 17.7 Å². The predicted octanol–water partition coefficient (Wildman–Crippen LogP) is 1.41. The molecule has 0 aromatic heterocycles. The van der Waals surface area contributed by atoms with Gasteiger partial charge in [-0.1, -0.05) is 12.2 Å². The number of Topliss-reactive ketones (excluding diaryl/α,β-unsaturated/α-hetero) is 1. The van der Waals surface area contributed by atoms with Gasteiger partial charge in [0.05, 0.1) is 5.92 Å². The van der Waals surface area contributed by atoms with E-state index in [2.05, 4.69) is 5.32 Å². The number of hydrogen-bond donors (Lipinski definition) is 1. The molecule has 0 radical (unpaired) electrons. The molecular formula is C19H18NO4-. The number of nitrogens with one attached hydrogen (secondary N) is 1. The number of carbonyl (C=O) groups excluding carboxylic acids is 3. The number of amides is 1. The van der Waals surface area contributed by atoms with Crippen LogP contribution in [0.5, 0.6) is 0 Å². The van der Waals surface area contributed by atoms with Gasteiger partial charge in [0.1, 0.15) is 0 Å². The Balaban J connectivity index is 1.56. The quantitative estimate of drug-likeness (QED) is 0.670. The summed E-state index contributed by atoms with van der Waals surface area (Å²) in [6.45, 7) is 1.48. The Morgan fingerprint density at radius 2 is 1.62 bits per heavy atom. The van der Waals surface area contributed by atoms with Gasteiger partial charge < -0.3 is 15.2 Å². The third-order valence-electron chi connectivity index (χ3n) is 5.98. The highest BCUT2D eigenvalue weighted by Gasteiger charge is 2.68. The molecule has 1 aromatic carbocycles. The third kappa shape index (κ3) is 2.04. The normalized spacial score (nSPS) is 31.2. The molecule has 0 unspecified atom stereocenters. The molecule has 1 amide bonds. The van der Waals surface area contributed by atoms with E-state index in [-0.39, 0.29) is 28.9 Å². The highest BCUT2D eigenvalue weighted by atomic mass is 16.4. The summed E-state index contributed by atoms with van der Waals surface area (Å²) in [5.74, 6) is -2.88. The number of ketones is 1. The maximum absolute atomic E-state index is 12.8. The number of allylic oxidation sites excluding steroid dienone is 2. The molecule has 4 atom stereocenters. The van der Waals surface area contributed by atoms with E-state index in [1.54, 1.807) is 24.3 Å². The van der Waals surface area contributed by atoms with E-state index in [0.717, 1.165) is 12.8 Å². The zero-order valence-electron chi connectivity index (χ0n) is 13.3. The van der Waals surface area contributed by atoms with E-state index in [1.807, 2.05) is 12.2 Å². The van der Waals surface area contributed by atoms with E-state index in [9.17, 15) is 19.5 Å². The average molecular weight is 324 g/mol. The first-order chi connectivity index (χ1) is 11.4. The standard InChI is InChI=1S/C19H19NO4/c1-10(21)11-2-4-12(5-3-11)20-17(22)15-13-6-7-14(16(15)18(23)24)19(13)8-9-19/h2-7,13-16H,8-9H2,1H3,(H,20,22)(H,23,24)/p-1/t13-,14+,15-,16+/m1/s1. The van der Waals surface area contributed by atoms with Gasteiger partial charge in [-0.25, -0.2) is 0 Å². The van der Waals surface area contributed by atoms with Gasteiger partial charge in [0.2, 0.25) is 5.91 Å². The van der Waals surface area contributed by atoms with Crippen molar-refractivity contribution in [3.8, 4) is 0 Å². The molecule has 0 saturated heterocycles. The minimum Gasteiger partial charge on any atom is -0.550 e. The summed E-state index contributed by atoms with van der Waals surface area (Å²) in [4.78, 5) is 35.7. The summed E-state index contributed by atoms with van der Waals surface area (Å²) in [5.41, 5.74) is 1.12. The van der Waals surface area contributed by atoms with Crippen LogP contribution in [0.4, 0.5) is 5.69 Å². The van der Waals surface area contributed by atoms with Gasteiger partial charge >= 0.3 is 0 Å². The van der Waals surface area contributed by atoms with Crippen LogP contribution in [0.1, 0.15) is 30.1 Å². The number of aliphatic carboxylic acids is 1. The third-order valence-corrected chi connectivity index (χ3v) is 5.98. The second-order valence-electron chi connectivity index (χ2n) is 7.16. The molecule has 0 aliphatic heterocycles. The zero-order valence-corrected chi connectivity index (χ0v) is 13.3. The summed E-state index contributed by atoms with van der Waals surface area (Å²) in [5, 5.41) is 14.4. The number of carboxylic acids is 1. The number of anilines is 1. The molecule has 2 fully saturated rings. The zero-order chi connectivity index (χ0) is 17.1. The van der Waals surface area contributed by atoms with Gasteiger partial charge in [0.25, 0.3) is 0 Å². The first-order valence-corrected chi connectivity index (χ1v) is 8.25. The summed E-state index contributed by atoms with van der Waals surface area (Å²) < 4.78 is 0. The molecule has 5 nitrogen and oxygen atoms in total. The fraction of sp³-hybridized carbons (Fsp3) is 0.421. The minimum absolute atomic E-state index is 0.0121. The van der Waals surface area contributed by atoms with Crippen LogP contribution in [-0.2, 0) is 9.59 Å². The second kappa shape index (κ2) is 5.03. The Morgan fingerprint density at radius 3 is 2.12 bits per heavy atom. The Labute approximate surface area is 139 Å². The fourth-order valence-corrected chi connectivity index (χ4v) is 4.69. The lowest BCUT2D eigenvalue weighted by Crippen LogP contribution is -2.42. The van der Waals surface area contributed by atoms with E-state index in [4.69, 9.17) is 0 Å². The highest BCUT2D eigenvalue weighted by molar-refractivity contribution is 5.98. The molecule has 24 heavy (non-hydrogen) atoms. The maximum atomic E-state index is 12.8. The summed E-state index contributed by atoms with van der Waals surface area (Å²) in [6.07, 6.45) is 5.94. The lowest BCUT2D eigenvalue weighted by Gasteiger charge is -2.27. The summed E-state index contributed by atoms with van der Waals surface area (Å²) in [7, 11) is 0. The highest BCUT2D eigenvalue weighted by Crippen LogP contribution is 2.71. The number of benzene rings is 1. The van der Waals surface area contributed by atoms with Crippen LogP contribution in [0.2, 0.25) is 0 Å². The Morgan fingerprint density at radius 1 is 1.04 bits per heavy atom. The summed E-state index contributed by atoms with van der Waals surface area (Å²) in [6, 6.07) is 6.63. The van der Waals surface area contributed by atoms with E-state index in [0.29, 0.717) is 11.3 Å². The van der Waals surface area contributed by atoms with Crippen LogP contribution in [0.15, 0.2) is 36.4 Å². The Kier molecular flexibility index (Phi) is 3.17. The molecule has 4 rings (SSSR count). The van der Waals surface area contributed by atoms with Crippen molar-refractivity contribution >= 4 is 23.3 Å². The topological polar surface area (TPSA) is 86.3 Å². The number of carbonyl (C=O) groups is 3. The van der Waals surface area contributed by atoms with Gasteiger partial charge in [-0.15, -0.1) is 0 Å². The van der Waals surface area contributed by atoms with Crippen molar-refractivity contribution in [2.24, 2.45) is 29.1 Å². The maximum Gasteiger partial charge on any atom is 0.228 e. The molecule has 5 heteroatoms. The first kappa shape index (κ1) is 15.1. The number of carboxylic acid groups (broad SMARTS) is 1. The lowest BCUT2D eigenvalue weighted by atomic mass is 9.82. The SMILES string of the molecule is CC(=O)c1ccc(NC(=O)[C@H]2[C@@H](C(=O)[O-])[C@@H]3C=C[C@H]2C32CC2)cc1. The minimum atomic E-state index is -1.13. The molecule has 3 aliphatic carbocycles. The number of hydrogen-bond acceptors (Lipinski definition) is 4. The van der Waals surface area contributed by atoms with Crippen LogP contribution in [0.3, 0.4) is 0 Å². The van der Waals surface area contributed by atoms with Crippen LogP contribution < -0.4 is 10.4 Å².